The maximum absolute atomic E-state index is 9.18. The van der Waals surface area contributed by atoms with Gasteiger partial charge in [0.25, 0.3) is 0 Å². The molecule has 1 heteroatoms. The highest BCUT2D eigenvalue weighted by Gasteiger charge is 2.24. The molecule has 0 heterocycles. The summed E-state index contributed by atoms with van der Waals surface area (Å²) in [6, 6.07) is 12.3. The Morgan fingerprint density at radius 3 is 2.50 bits per heavy atom. The Labute approximate surface area is 85.7 Å². The van der Waals surface area contributed by atoms with Gasteiger partial charge in [0.2, 0.25) is 0 Å². The zero-order valence-electron chi connectivity index (χ0n) is 8.70. The second-order valence-corrected chi connectivity index (χ2v) is 3.58. The van der Waals surface area contributed by atoms with Crippen LogP contribution in [0, 0.1) is 11.3 Å². The fraction of sp³-hybridized carbons (Fsp3) is 0.308. The van der Waals surface area contributed by atoms with Crippen LogP contribution in [0.2, 0.25) is 0 Å². The topological polar surface area (TPSA) is 23.8 Å². The average molecular weight is 185 g/mol. The maximum atomic E-state index is 9.18. The van der Waals surface area contributed by atoms with Crippen LogP contribution in [-0.4, -0.2) is 0 Å². The quantitative estimate of drug-likeness (QED) is 0.662. The van der Waals surface area contributed by atoms with E-state index in [0.717, 1.165) is 12.0 Å². The first-order valence-corrected chi connectivity index (χ1v) is 4.81. The predicted molar refractivity (Wildman–Crippen MR) is 58.8 cm³/mol. The molecule has 0 aromatic heterocycles. The van der Waals surface area contributed by atoms with Gasteiger partial charge in [0.1, 0.15) is 0 Å². The highest BCUT2D eigenvalue weighted by Crippen LogP contribution is 2.26. The molecule has 72 valence electrons. The van der Waals surface area contributed by atoms with Crippen LogP contribution in [0.4, 0.5) is 0 Å². The van der Waals surface area contributed by atoms with Crippen molar-refractivity contribution in [3.8, 4) is 6.07 Å². The molecule has 0 bridgehead atoms. The van der Waals surface area contributed by atoms with E-state index >= 15 is 0 Å². The van der Waals surface area contributed by atoms with Gasteiger partial charge in [-0.15, -0.1) is 0 Å². The van der Waals surface area contributed by atoms with Crippen molar-refractivity contribution in [2.75, 3.05) is 0 Å². The first-order valence-electron chi connectivity index (χ1n) is 4.81. The summed E-state index contributed by atoms with van der Waals surface area (Å²) in [7, 11) is 0. The fourth-order valence-electron chi connectivity index (χ4n) is 1.39. The third-order valence-electron chi connectivity index (χ3n) is 2.42. The largest absolute Gasteiger partial charge is 0.197 e. The molecule has 0 aliphatic heterocycles. The van der Waals surface area contributed by atoms with E-state index in [1.807, 2.05) is 56.3 Å². The number of rotatable bonds is 3. The maximum Gasteiger partial charge on any atom is 0.0828 e. The fourth-order valence-corrected chi connectivity index (χ4v) is 1.39. The van der Waals surface area contributed by atoms with Crippen LogP contribution in [0.3, 0.4) is 0 Å². The normalized spacial score (nSPS) is 14.9. The molecular weight excluding hydrogens is 170 g/mol. The SMILES string of the molecule is C/C=C/CC(C)(C#N)c1ccccc1. The Bertz CT molecular complexity index is 345. The van der Waals surface area contributed by atoms with Crippen LogP contribution in [0.15, 0.2) is 42.5 Å². The molecule has 1 aromatic rings. The molecule has 0 aliphatic rings. The van der Waals surface area contributed by atoms with Gasteiger partial charge in [0.15, 0.2) is 0 Å². The van der Waals surface area contributed by atoms with Crippen LogP contribution in [0.1, 0.15) is 25.8 Å². The first kappa shape index (κ1) is 10.5. The Kier molecular flexibility index (Phi) is 3.48. The van der Waals surface area contributed by atoms with E-state index in [1.54, 1.807) is 0 Å². The molecule has 0 N–H and O–H groups in total. The summed E-state index contributed by atoms with van der Waals surface area (Å²) >= 11 is 0. The van der Waals surface area contributed by atoms with Gasteiger partial charge < -0.3 is 0 Å². The third kappa shape index (κ3) is 2.23. The van der Waals surface area contributed by atoms with Crippen LogP contribution in [0.5, 0.6) is 0 Å². The van der Waals surface area contributed by atoms with Gasteiger partial charge in [-0.05, 0) is 25.8 Å². The lowest BCUT2D eigenvalue weighted by molar-refractivity contribution is 0.620. The predicted octanol–water partition coefficient (Wildman–Crippen LogP) is 3.43. The molecule has 0 saturated heterocycles. The molecular formula is C13H15N. The molecule has 1 unspecified atom stereocenters. The summed E-state index contributed by atoms with van der Waals surface area (Å²) in [5, 5.41) is 9.18. The lowest BCUT2D eigenvalue weighted by atomic mass is 9.81. The van der Waals surface area contributed by atoms with Gasteiger partial charge in [-0.1, -0.05) is 42.5 Å². The van der Waals surface area contributed by atoms with E-state index < -0.39 is 5.41 Å². The molecule has 0 radical (unpaired) electrons. The van der Waals surface area contributed by atoms with Crippen LogP contribution in [-0.2, 0) is 5.41 Å². The van der Waals surface area contributed by atoms with E-state index in [-0.39, 0.29) is 0 Å². The van der Waals surface area contributed by atoms with E-state index in [4.69, 9.17) is 0 Å². The standard InChI is InChI=1S/C13H15N/c1-3-4-10-13(2,11-14)12-8-6-5-7-9-12/h3-9H,10H2,1-2H3/b4-3+. The number of nitriles is 1. The Morgan fingerprint density at radius 2 is 2.00 bits per heavy atom. The van der Waals surface area contributed by atoms with Gasteiger partial charge in [0.05, 0.1) is 11.5 Å². The minimum atomic E-state index is -0.395. The van der Waals surface area contributed by atoms with Crippen molar-refractivity contribution < 1.29 is 0 Å². The monoisotopic (exact) mass is 185 g/mol. The summed E-state index contributed by atoms with van der Waals surface area (Å²) < 4.78 is 0. The van der Waals surface area contributed by atoms with E-state index in [0.29, 0.717) is 0 Å². The lowest BCUT2D eigenvalue weighted by Crippen LogP contribution is -2.18. The second-order valence-electron chi connectivity index (χ2n) is 3.58. The summed E-state index contributed by atoms with van der Waals surface area (Å²) in [6.07, 6.45) is 4.79. The molecule has 1 atom stereocenters. The minimum Gasteiger partial charge on any atom is -0.197 e. The summed E-state index contributed by atoms with van der Waals surface area (Å²) in [4.78, 5) is 0. The van der Waals surface area contributed by atoms with E-state index in [1.165, 1.54) is 0 Å². The number of hydrogen-bond donors (Lipinski definition) is 0. The van der Waals surface area contributed by atoms with Gasteiger partial charge in [-0.25, -0.2) is 0 Å². The van der Waals surface area contributed by atoms with Crippen molar-refractivity contribution >= 4 is 0 Å². The average Bonchev–Trinajstić information content (AvgIpc) is 2.27. The minimum absolute atomic E-state index is 0.395. The molecule has 0 spiro atoms. The highest BCUT2D eigenvalue weighted by atomic mass is 14.3. The molecule has 0 saturated carbocycles. The lowest BCUT2D eigenvalue weighted by Gasteiger charge is -2.19. The van der Waals surface area contributed by atoms with Gasteiger partial charge in [0, 0.05) is 0 Å². The number of benzene rings is 1. The van der Waals surface area contributed by atoms with Crippen molar-refractivity contribution in [2.45, 2.75) is 25.7 Å². The number of allylic oxidation sites excluding steroid dienone is 2. The van der Waals surface area contributed by atoms with Gasteiger partial charge in [-0.2, -0.15) is 5.26 Å². The van der Waals surface area contributed by atoms with Crippen molar-refractivity contribution in [1.82, 2.24) is 0 Å². The smallest absolute Gasteiger partial charge is 0.0828 e. The first-order chi connectivity index (χ1) is 6.73. The molecule has 0 aliphatic carbocycles. The van der Waals surface area contributed by atoms with Crippen LogP contribution in [0.25, 0.3) is 0 Å². The zero-order chi connectivity index (χ0) is 10.4. The number of hydrogen-bond acceptors (Lipinski definition) is 1. The van der Waals surface area contributed by atoms with E-state index in [2.05, 4.69) is 6.07 Å². The van der Waals surface area contributed by atoms with Gasteiger partial charge in [-0.3, -0.25) is 0 Å². The summed E-state index contributed by atoms with van der Waals surface area (Å²) in [6.45, 7) is 3.95. The Morgan fingerprint density at radius 1 is 1.36 bits per heavy atom. The summed E-state index contributed by atoms with van der Waals surface area (Å²) in [5.41, 5.74) is 0.689. The second kappa shape index (κ2) is 4.62. The number of nitrogens with zero attached hydrogens (tertiary/aromatic N) is 1. The van der Waals surface area contributed by atoms with Crippen LogP contribution < -0.4 is 0 Å². The molecule has 0 fully saturated rings. The third-order valence-corrected chi connectivity index (χ3v) is 2.42. The highest BCUT2D eigenvalue weighted by molar-refractivity contribution is 5.31. The van der Waals surface area contributed by atoms with Crippen molar-refractivity contribution in [3.05, 3.63) is 48.0 Å². The van der Waals surface area contributed by atoms with Crippen LogP contribution >= 0.6 is 0 Å². The molecule has 1 rings (SSSR count). The Balaban J connectivity index is 2.97. The molecule has 1 nitrogen and oxygen atoms in total. The molecule has 0 amide bonds. The summed E-state index contributed by atoms with van der Waals surface area (Å²) in [5.74, 6) is 0. The van der Waals surface area contributed by atoms with Crippen molar-refractivity contribution in [1.29, 1.82) is 5.26 Å². The van der Waals surface area contributed by atoms with Crippen molar-refractivity contribution in [2.24, 2.45) is 0 Å². The molecule has 1 aromatic carbocycles. The van der Waals surface area contributed by atoms with E-state index in [9.17, 15) is 5.26 Å². The molecule has 14 heavy (non-hydrogen) atoms. The van der Waals surface area contributed by atoms with Gasteiger partial charge >= 0.3 is 0 Å². The zero-order valence-corrected chi connectivity index (χ0v) is 8.70. The van der Waals surface area contributed by atoms with Crippen molar-refractivity contribution in [3.63, 3.8) is 0 Å². The Hall–Kier alpha value is -1.55.